The Kier molecular flexibility index (Phi) is 20.9. The van der Waals surface area contributed by atoms with Gasteiger partial charge >= 0.3 is 38.0 Å². The molecule has 0 N–H and O–H groups in total. The molecule has 0 aromatic heterocycles. The molecule has 0 amide bonds. The van der Waals surface area contributed by atoms with E-state index in [4.69, 9.17) is 0 Å². The predicted octanol–water partition coefficient (Wildman–Crippen LogP) is -0.0697. The smallest absolute Gasteiger partial charge is 0 e. The number of hydrogen-bond donors (Lipinski definition) is 0. The van der Waals surface area contributed by atoms with Crippen molar-refractivity contribution in [3.63, 3.8) is 0 Å². The van der Waals surface area contributed by atoms with Gasteiger partial charge in [-0.3, -0.25) is 0 Å². The van der Waals surface area contributed by atoms with E-state index in [1.54, 1.807) is 0 Å². The van der Waals surface area contributed by atoms with Crippen LogP contribution in [-0.4, -0.2) is 14.2 Å². The molecule has 0 rings (SSSR count). The molecule has 0 aliphatic carbocycles. The van der Waals surface area contributed by atoms with E-state index in [9.17, 15) is 0 Å². The van der Waals surface area contributed by atoms with E-state index in [2.05, 4.69) is 23.7 Å². The normalized spacial score (nSPS) is 3.75. The van der Waals surface area contributed by atoms with Crippen LogP contribution in [0.5, 0.6) is 0 Å². The summed E-state index contributed by atoms with van der Waals surface area (Å²) >= 11 is 2.68. The predicted molar refractivity (Wildman–Crippen MR) is 13.0 cm³/mol. The summed E-state index contributed by atoms with van der Waals surface area (Å²) in [6.45, 7) is 0. The molecule has 0 heterocycles. The van der Waals surface area contributed by atoms with Gasteiger partial charge in [0.2, 0.25) is 0 Å². The zero-order chi connectivity index (χ0) is 2.71. The molecule has 0 aromatic carbocycles. The van der Waals surface area contributed by atoms with E-state index in [1.165, 1.54) is 0 Å². The van der Waals surface area contributed by atoms with Gasteiger partial charge in [0.15, 0.2) is 0 Å². The Morgan fingerprint density at radius 3 is 1.75 bits per heavy atom. The molecular weight excluding hydrogens is 385 g/mol. The van der Waals surface area contributed by atoms with Crippen LogP contribution in [0.25, 0.3) is 0 Å². The third-order valence-corrected chi connectivity index (χ3v) is 0. The van der Waals surface area contributed by atoms with Crippen molar-refractivity contribution in [1.29, 1.82) is 0 Å². The second-order valence-electron chi connectivity index (χ2n) is 0.213. The average molecular weight is 389 g/mol. The first-order valence-electron chi connectivity index (χ1n) is 0.920. The fourth-order valence-corrected chi connectivity index (χ4v) is 0. The van der Waals surface area contributed by atoms with Gasteiger partial charge in [-0.25, -0.2) is 0 Å². The van der Waals surface area contributed by atoms with Crippen molar-refractivity contribution < 1.29 is 38.7 Å². The maximum atomic E-state index is 2.61. The van der Waals surface area contributed by atoms with Crippen LogP contribution in [0.2, 0.25) is 5.48 Å². The Balaban J connectivity index is 0. The maximum Gasteiger partial charge on any atom is 0 e. The van der Waals surface area contributed by atoms with Crippen LogP contribution < -0.4 is 0 Å². The summed E-state index contributed by atoms with van der Waals surface area (Å²) in [6.07, 6.45) is 0. The SMILES string of the molecule is [CH3][GaH][Au].[Pd]. The van der Waals surface area contributed by atoms with Crippen LogP contribution in [0.15, 0.2) is 0 Å². The minimum absolute atomic E-state index is 0. The van der Waals surface area contributed by atoms with Crippen molar-refractivity contribution >= 4 is 14.2 Å². The summed E-state index contributed by atoms with van der Waals surface area (Å²) in [5, 5.41) is 0. The Bertz CT molecular complexity index is 8.00. The molecule has 0 bridgehead atoms. The van der Waals surface area contributed by atoms with Crippen LogP contribution >= 0.6 is 0 Å². The molecule has 4 heavy (non-hydrogen) atoms. The van der Waals surface area contributed by atoms with Crippen LogP contribution in [-0.2, 0) is 38.7 Å². The maximum absolute atomic E-state index is 2.61. The molecule has 0 aromatic rings. The van der Waals surface area contributed by atoms with Crippen molar-refractivity contribution in [2.24, 2.45) is 0 Å². The molecule has 0 aliphatic heterocycles. The molecule has 0 spiro atoms. The molecule has 0 saturated heterocycles. The molecule has 3 heteroatoms. The van der Waals surface area contributed by atoms with Crippen molar-refractivity contribution in [2.75, 3.05) is 0 Å². The Labute approximate surface area is 57.7 Å². The van der Waals surface area contributed by atoms with Crippen molar-refractivity contribution in [2.45, 2.75) is 5.48 Å². The van der Waals surface area contributed by atoms with E-state index in [-0.39, 0.29) is 34.6 Å². The minimum Gasteiger partial charge on any atom is 0 e. The van der Waals surface area contributed by atoms with Gasteiger partial charge < -0.3 is 0 Å². The van der Waals surface area contributed by atoms with Gasteiger partial charge in [0, 0.05) is 20.4 Å². The van der Waals surface area contributed by atoms with E-state index in [1.807, 2.05) is 0 Å². The van der Waals surface area contributed by atoms with Gasteiger partial charge in [0.05, 0.1) is 0 Å². The zero-order valence-corrected chi connectivity index (χ0v) is 9.01. The summed E-state index contributed by atoms with van der Waals surface area (Å²) < 4.78 is 0. The summed E-state index contributed by atoms with van der Waals surface area (Å²) in [5.74, 6) is 0. The van der Waals surface area contributed by atoms with Crippen molar-refractivity contribution in [3.05, 3.63) is 0 Å². The first-order chi connectivity index (χ1) is 1.41. The summed E-state index contributed by atoms with van der Waals surface area (Å²) in [7, 11) is 0. The monoisotopic (exact) mass is 388 g/mol. The molecule has 32 valence electrons. The topological polar surface area (TPSA) is 0 Å². The standard InChI is InChI=1S/CH3.Au.Ga.Pd.H/h1H3;;;;. The molecular formula is CH4AuGaPd. The number of rotatable bonds is 0. The van der Waals surface area contributed by atoms with Crippen LogP contribution in [0.1, 0.15) is 0 Å². The molecule has 0 nitrogen and oxygen atoms in total. The Hall–Kier alpha value is 2.04. The second kappa shape index (κ2) is 8.90. The van der Waals surface area contributed by atoms with Gasteiger partial charge in [-0.2, -0.15) is 0 Å². The molecule has 0 radical (unpaired) electrons. The quantitative estimate of drug-likeness (QED) is 0.509. The summed E-state index contributed by atoms with van der Waals surface area (Å²) in [6, 6.07) is 0. The summed E-state index contributed by atoms with van der Waals surface area (Å²) in [4.78, 5) is 0. The fourth-order valence-electron chi connectivity index (χ4n) is 0. The van der Waals surface area contributed by atoms with Crippen LogP contribution in [0, 0.1) is 0 Å². The van der Waals surface area contributed by atoms with Gasteiger partial charge in [0.25, 0.3) is 0 Å². The van der Waals surface area contributed by atoms with E-state index in [0.717, 1.165) is 0 Å². The van der Waals surface area contributed by atoms with Crippen LogP contribution in [0.4, 0.5) is 0 Å². The van der Waals surface area contributed by atoms with Crippen molar-refractivity contribution in [1.82, 2.24) is 0 Å². The van der Waals surface area contributed by atoms with Crippen LogP contribution in [0.3, 0.4) is 0 Å². The van der Waals surface area contributed by atoms with E-state index < -0.39 is 0 Å². The average Bonchev–Trinajstić information content (AvgIpc) is 0.918. The first-order valence-corrected chi connectivity index (χ1v) is 12.7. The molecule has 0 unspecified atom stereocenters. The third kappa shape index (κ3) is 8.97. The van der Waals surface area contributed by atoms with Gasteiger partial charge in [-0.15, -0.1) is 0 Å². The Morgan fingerprint density at radius 2 is 1.75 bits per heavy atom. The second-order valence-corrected chi connectivity index (χ2v) is 9.07. The summed E-state index contributed by atoms with van der Waals surface area (Å²) in [5.41, 5.74) is 2.29. The minimum atomic E-state index is 0. The third-order valence-electron chi connectivity index (χ3n) is 0. The van der Waals surface area contributed by atoms with E-state index >= 15 is 0 Å². The van der Waals surface area contributed by atoms with Gasteiger partial charge in [-0.05, 0) is 0 Å². The molecule has 0 saturated carbocycles. The molecule has 0 aliphatic rings. The fraction of sp³-hybridized carbons (Fsp3) is 1.00. The molecule has 0 atom stereocenters. The van der Waals surface area contributed by atoms with Crippen molar-refractivity contribution in [3.8, 4) is 0 Å². The Morgan fingerprint density at radius 1 is 1.75 bits per heavy atom. The van der Waals surface area contributed by atoms with Gasteiger partial charge in [0.1, 0.15) is 0 Å². The zero-order valence-electron chi connectivity index (χ0n) is 2.32. The van der Waals surface area contributed by atoms with E-state index in [0.29, 0.717) is 0 Å². The first kappa shape index (κ1) is 9.40. The molecule has 0 fully saturated rings. The number of hydrogen-bond acceptors (Lipinski definition) is 0. The van der Waals surface area contributed by atoms with Gasteiger partial charge in [-0.1, -0.05) is 0 Å². The largest absolute Gasteiger partial charge is 0 e.